The number of ether oxygens (including phenoxy) is 1. The van der Waals surface area contributed by atoms with Gasteiger partial charge in [-0.3, -0.25) is 4.79 Å². The molecule has 0 spiro atoms. The van der Waals surface area contributed by atoms with Gasteiger partial charge in [0.1, 0.15) is 17.1 Å². The van der Waals surface area contributed by atoms with Gasteiger partial charge in [0.2, 0.25) is 11.9 Å². The maximum Gasteiger partial charge on any atom is 0.247 e. The van der Waals surface area contributed by atoms with Gasteiger partial charge in [-0.2, -0.15) is 0 Å². The molecule has 0 unspecified atom stereocenters. The highest BCUT2D eigenvalue weighted by atomic mass is 19.1. The van der Waals surface area contributed by atoms with Crippen LogP contribution >= 0.6 is 0 Å². The van der Waals surface area contributed by atoms with Gasteiger partial charge in [-0.05, 0) is 64.0 Å². The van der Waals surface area contributed by atoms with E-state index in [1.165, 1.54) is 12.1 Å². The number of imidazole rings is 1. The van der Waals surface area contributed by atoms with Crippen molar-refractivity contribution in [3.63, 3.8) is 0 Å². The highest BCUT2D eigenvalue weighted by Gasteiger charge is 2.23. The van der Waals surface area contributed by atoms with Gasteiger partial charge in [0.05, 0.1) is 41.5 Å². The molecule has 2 aromatic carbocycles. The van der Waals surface area contributed by atoms with Crippen LogP contribution in [-0.4, -0.2) is 56.8 Å². The van der Waals surface area contributed by atoms with Crippen molar-refractivity contribution in [2.24, 2.45) is 0 Å². The number of aliphatic hydroxyl groups is 1. The lowest BCUT2D eigenvalue weighted by Crippen LogP contribution is -2.36. The fourth-order valence-electron chi connectivity index (χ4n) is 5.26. The lowest BCUT2D eigenvalue weighted by atomic mass is 10.1. The summed E-state index contributed by atoms with van der Waals surface area (Å²) in [6.07, 6.45) is 3.71. The van der Waals surface area contributed by atoms with Gasteiger partial charge >= 0.3 is 0 Å². The number of carbonyl (C=O) groups is 1. The van der Waals surface area contributed by atoms with E-state index in [0.717, 1.165) is 11.5 Å². The summed E-state index contributed by atoms with van der Waals surface area (Å²) in [7, 11) is 1.56. The number of aliphatic hydroxyl groups excluding tert-OH is 1. The SMILES string of the molecule is C=CC(=O)Nc1cc(Nc2nccc(-c3cc(F)c4nc(C)n(C(C)C)c4c3)n2)c(OC)cc1N1CCC(O)CC1. The molecule has 5 rings (SSSR count). The van der Waals surface area contributed by atoms with E-state index in [2.05, 4.69) is 37.1 Å². The van der Waals surface area contributed by atoms with Crippen LogP contribution in [0.4, 0.5) is 27.4 Å². The predicted octanol–water partition coefficient (Wildman–Crippen LogP) is 5.36. The summed E-state index contributed by atoms with van der Waals surface area (Å²) in [6, 6.07) is 8.74. The molecule has 1 saturated heterocycles. The minimum absolute atomic E-state index is 0.110. The summed E-state index contributed by atoms with van der Waals surface area (Å²) < 4.78 is 22.8. The minimum Gasteiger partial charge on any atom is -0.494 e. The molecule has 0 atom stereocenters. The van der Waals surface area contributed by atoms with E-state index in [0.29, 0.717) is 65.3 Å². The monoisotopic (exact) mass is 559 g/mol. The second kappa shape index (κ2) is 11.5. The highest BCUT2D eigenvalue weighted by molar-refractivity contribution is 6.02. The molecule has 214 valence electrons. The Morgan fingerprint density at radius 1 is 1.20 bits per heavy atom. The number of amides is 1. The first-order valence-electron chi connectivity index (χ1n) is 13.6. The van der Waals surface area contributed by atoms with Gasteiger partial charge in [-0.15, -0.1) is 0 Å². The molecule has 10 nitrogen and oxygen atoms in total. The third kappa shape index (κ3) is 5.71. The summed E-state index contributed by atoms with van der Waals surface area (Å²) in [6.45, 7) is 10.8. The first-order valence-corrected chi connectivity index (χ1v) is 13.6. The number of nitrogens with one attached hydrogen (secondary N) is 2. The lowest BCUT2D eigenvalue weighted by Gasteiger charge is -2.33. The molecule has 2 aromatic heterocycles. The standard InChI is InChI=1S/C30H34FN7O3/c1-6-28(40)34-23-15-24(27(41-5)16-25(23)37-11-8-20(39)9-12-37)36-30-32-10-7-22(35-30)19-13-21(31)29-26(14-19)38(17(2)3)18(4)33-29/h6-7,10,13-17,20,39H,1,8-9,11-12H2,2-5H3,(H,34,40)(H,32,35,36). The number of hydrogen-bond acceptors (Lipinski definition) is 8. The summed E-state index contributed by atoms with van der Waals surface area (Å²) in [5.74, 6) is 0.751. The molecule has 3 heterocycles. The van der Waals surface area contributed by atoms with Crippen molar-refractivity contribution in [3.05, 3.63) is 60.8 Å². The third-order valence-corrected chi connectivity index (χ3v) is 7.21. The van der Waals surface area contributed by atoms with E-state index in [1.807, 2.05) is 37.5 Å². The number of methoxy groups -OCH3 is 1. The molecule has 1 aliphatic heterocycles. The number of anilines is 4. The van der Waals surface area contributed by atoms with E-state index >= 15 is 4.39 Å². The van der Waals surface area contributed by atoms with Crippen LogP contribution in [0.5, 0.6) is 5.75 Å². The van der Waals surface area contributed by atoms with Crippen molar-refractivity contribution < 1.29 is 19.0 Å². The highest BCUT2D eigenvalue weighted by Crippen LogP contribution is 2.39. The Hall–Kier alpha value is -4.51. The number of benzene rings is 2. The molecule has 3 N–H and O–H groups in total. The molecule has 1 amide bonds. The number of piperidine rings is 1. The Kier molecular flexibility index (Phi) is 7.89. The Bertz CT molecular complexity index is 1610. The van der Waals surface area contributed by atoms with E-state index in [-0.39, 0.29) is 24.0 Å². The largest absolute Gasteiger partial charge is 0.494 e. The van der Waals surface area contributed by atoms with Crippen molar-refractivity contribution in [1.82, 2.24) is 19.5 Å². The zero-order valence-electron chi connectivity index (χ0n) is 23.6. The molecule has 11 heteroatoms. The molecule has 0 bridgehead atoms. The number of halogens is 1. The molecule has 0 aliphatic carbocycles. The second-order valence-electron chi connectivity index (χ2n) is 10.3. The van der Waals surface area contributed by atoms with Crippen LogP contribution in [0.15, 0.2) is 49.2 Å². The Morgan fingerprint density at radius 3 is 2.63 bits per heavy atom. The van der Waals surface area contributed by atoms with Crippen LogP contribution in [0, 0.1) is 12.7 Å². The van der Waals surface area contributed by atoms with Crippen LogP contribution < -0.4 is 20.3 Å². The van der Waals surface area contributed by atoms with Gasteiger partial charge in [0, 0.05) is 37.0 Å². The fraction of sp³-hybridized carbons (Fsp3) is 0.333. The van der Waals surface area contributed by atoms with Crippen LogP contribution in [-0.2, 0) is 4.79 Å². The van der Waals surface area contributed by atoms with Crippen LogP contribution in [0.3, 0.4) is 0 Å². The van der Waals surface area contributed by atoms with Gasteiger partial charge in [0.15, 0.2) is 5.82 Å². The fourth-order valence-corrected chi connectivity index (χ4v) is 5.26. The van der Waals surface area contributed by atoms with E-state index in [1.54, 1.807) is 25.4 Å². The van der Waals surface area contributed by atoms with Crippen molar-refractivity contribution in [2.45, 2.75) is 45.8 Å². The van der Waals surface area contributed by atoms with Crippen molar-refractivity contribution in [3.8, 4) is 17.0 Å². The van der Waals surface area contributed by atoms with Crippen LogP contribution in [0.2, 0.25) is 0 Å². The first-order chi connectivity index (χ1) is 19.7. The summed E-state index contributed by atoms with van der Waals surface area (Å²) in [5, 5.41) is 16.0. The number of hydrogen-bond donors (Lipinski definition) is 3. The van der Waals surface area contributed by atoms with Crippen molar-refractivity contribution >= 4 is 40.0 Å². The zero-order chi connectivity index (χ0) is 29.3. The molecule has 41 heavy (non-hydrogen) atoms. The van der Waals surface area contributed by atoms with Crippen molar-refractivity contribution in [2.75, 3.05) is 35.7 Å². The van der Waals surface area contributed by atoms with Gasteiger partial charge in [-0.1, -0.05) is 6.58 Å². The number of aryl methyl sites for hydroxylation is 1. The number of rotatable bonds is 8. The number of aromatic nitrogens is 4. The van der Waals surface area contributed by atoms with E-state index < -0.39 is 5.82 Å². The topological polar surface area (TPSA) is 117 Å². The Labute approximate surface area is 237 Å². The average Bonchev–Trinajstić information content (AvgIpc) is 3.30. The lowest BCUT2D eigenvalue weighted by molar-refractivity contribution is -0.111. The normalized spacial score (nSPS) is 14.0. The van der Waals surface area contributed by atoms with Gasteiger partial charge < -0.3 is 29.9 Å². The number of carbonyl (C=O) groups excluding carboxylic acids is 1. The number of nitrogens with zero attached hydrogens (tertiary/aromatic N) is 5. The second-order valence-corrected chi connectivity index (χ2v) is 10.3. The molecule has 0 saturated carbocycles. The van der Waals surface area contributed by atoms with E-state index in [4.69, 9.17) is 4.74 Å². The molecule has 1 aliphatic rings. The minimum atomic E-state index is -0.418. The van der Waals surface area contributed by atoms with Gasteiger partial charge in [0.25, 0.3) is 0 Å². The molecule has 1 fully saturated rings. The number of fused-ring (bicyclic) bond motifs is 1. The quantitative estimate of drug-likeness (QED) is 0.247. The maximum atomic E-state index is 15.1. The first kappa shape index (κ1) is 28.0. The maximum absolute atomic E-state index is 15.1. The predicted molar refractivity (Wildman–Crippen MR) is 158 cm³/mol. The molecule has 0 radical (unpaired) electrons. The van der Waals surface area contributed by atoms with Crippen LogP contribution in [0.25, 0.3) is 22.3 Å². The zero-order valence-corrected chi connectivity index (χ0v) is 23.6. The average molecular weight is 560 g/mol. The molecular formula is C30H34FN7O3. The third-order valence-electron chi connectivity index (χ3n) is 7.21. The van der Waals surface area contributed by atoms with E-state index in [9.17, 15) is 9.90 Å². The Balaban J connectivity index is 1.51. The Morgan fingerprint density at radius 2 is 1.95 bits per heavy atom. The van der Waals surface area contributed by atoms with Gasteiger partial charge in [-0.25, -0.2) is 19.3 Å². The summed E-state index contributed by atoms with van der Waals surface area (Å²) in [4.78, 5) is 27.8. The van der Waals surface area contributed by atoms with Crippen molar-refractivity contribution in [1.29, 1.82) is 0 Å². The summed E-state index contributed by atoms with van der Waals surface area (Å²) >= 11 is 0. The summed E-state index contributed by atoms with van der Waals surface area (Å²) in [5.41, 5.74) is 4.00. The molecular weight excluding hydrogens is 525 g/mol. The smallest absolute Gasteiger partial charge is 0.247 e. The van der Waals surface area contributed by atoms with Crippen LogP contribution in [0.1, 0.15) is 38.6 Å². The molecule has 4 aromatic rings.